The molecular weight excluding hydrogens is 388 g/mol. The number of benzene rings is 2. The summed E-state index contributed by atoms with van der Waals surface area (Å²) in [7, 11) is 1.28. The highest BCUT2D eigenvalue weighted by Gasteiger charge is 2.45. The second kappa shape index (κ2) is 9.21. The van der Waals surface area contributed by atoms with Gasteiger partial charge in [-0.25, -0.2) is 9.59 Å². The molecule has 0 spiro atoms. The summed E-state index contributed by atoms with van der Waals surface area (Å²) in [5.74, 6) is -2.15. The number of carboxylic acid groups (broad SMARTS) is 1. The standard InChI is InChI=1S/C22H22N2O6/c1-30-21(28)17-9-7-16(8-10-17)14-24-18(13-19(25)26)20(27)23(22(24)29)12-11-15-5-3-2-4-6-15/h2-10,18H,11-14H2,1H3,(H,25,26)/t18-/m0/s1. The SMILES string of the molecule is COC(=O)c1ccc(CN2C(=O)N(CCc3ccccc3)C(=O)[C@@H]2CC(=O)O)cc1. The molecule has 1 heterocycles. The Balaban J connectivity index is 1.76. The van der Waals surface area contributed by atoms with Crippen molar-refractivity contribution in [2.45, 2.75) is 25.4 Å². The number of methoxy groups -OCH3 is 1. The van der Waals surface area contributed by atoms with Gasteiger partial charge >= 0.3 is 18.0 Å². The lowest BCUT2D eigenvalue weighted by atomic mass is 10.1. The number of aliphatic carboxylic acids is 1. The molecule has 0 saturated carbocycles. The smallest absolute Gasteiger partial charge is 0.337 e. The molecule has 1 aliphatic rings. The monoisotopic (exact) mass is 410 g/mol. The molecule has 1 saturated heterocycles. The predicted octanol–water partition coefficient (Wildman–Crippen LogP) is 2.32. The van der Waals surface area contributed by atoms with Crippen molar-refractivity contribution in [3.8, 4) is 0 Å². The van der Waals surface area contributed by atoms with Crippen LogP contribution in [0.2, 0.25) is 0 Å². The van der Waals surface area contributed by atoms with E-state index in [9.17, 15) is 24.3 Å². The lowest BCUT2D eigenvalue weighted by Crippen LogP contribution is -2.36. The zero-order valence-corrected chi connectivity index (χ0v) is 16.5. The third kappa shape index (κ3) is 4.65. The number of rotatable bonds is 8. The van der Waals surface area contributed by atoms with E-state index >= 15 is 0 Å². The number of carboxylic acids is 1. The molecule has 8 nitrogen and oxygen atoms in total. The first-order chi connectivity index (χ1) is 14.4. The Kier molecular flexibility index (Phi) is 6.46. The molecule has 156 valence electrons. The van der Waals surface area contributed by atoms with Gasteiger partial charge in [-0.3, -0.25) is 14.5 Å². The van der Waals surface area contributed by atoms with Gasteiger partial charge < -0.3 is 14.7 Å². The number of amides is 3. The van der Waals surface area contributed by atoms with E-state index in [2.05, 4.69) is 4.74 Å². The summed E-state index contributed by atoms with van der Waals surface area (Å²) in [5, 5.41) is 9.22. The molecule has 0 radical (unpaired) electrons. The van der Waals surface area contributed by atoms with Crippen LogP contribution in [0.5, 0.6) is 0 Å². The van der Waals surface area contributed by atoms with E-state index in [1.165, 1.54) is 12.0 Å². The minimum Gasteiger partial charge on any atom is -0.481 e. The van der Waals surface area contributed by atoms with Crippen molar-refractivity contribution >= 4 is 23.9 Å². The Morgan fingerprint density at radius 3 is 2.27 bits per heavy atom. The number of carbonyl (C=O) groups is 4. The van der Waals surface area contributed by atoms with Gasteiger partial charge in [0, 0.05) is 13.1 Å². The molecule has 2 aromatic rings. The van der Waals surface area contributed by atoms with E-state index in [1.807, 2.05) is 30.3 Å². The summed E-state index contributed by atoms with van der Waals surface area (Å²) in [4.78, 5) is 51.0. The van der Waals surface area contributed by atoms with Gasteiger partial charge in [-0.1, -0.05) is 42.5 Å². The van der Waals surface area contributed by atoms with Crippen LogP contribution in [-0.4, -0.2) is 58.5 Å². The molecule has 1 aliphatic heterocycles. The molecule has 3 amide bonds. The summed E-state index contributed by atoms with van der Waals surface area (Å²) in [6.07, 6.45) is 0.0203. The Bertz CT molecular complexity index is 942. The Labute approximate surface area is 173 Å². The number of nitrogens with zero attached hydrogens (tertiary/aromatic N) is 2. The fourth-order valence-corrected chi connectivity index (χ4v) is 3.39. The molecule has 2 aromatic carbocycles. The zero-order chi connectivity index (χ0) is 21.7. The number of hydrogen-bond acceptors (Lipinski definition) is 5. The van der Waals surface area contributed by atoms with E-state index in [0.717, 1.165) is 10.5 Å². The van der Waals surface area contributed by atoms with Crippen LogP contribution in [0.25, 0.3) is 0 Å². The minimum atomic E-state index is -1.16. The summed E-state index contributed by atoms with van der Waals surface area (Å²) in [6.45, 7) is 0.237. The molecule has 30 heavy (non-hydrogen) atoms. The third-order valence-electron chi connectivity index (χ3n) is 4.97. The highest BCUT2D eigenvalue weighted by atomic mass is 16.5. The molecule has 3 rings (SSSR count). The van der Waals surface area contributed by atoms with Crippen LogP contribution in [0, 0.1) is 0 Å². The fraction of sp³-hybridized carbons (Fsp3) is 0.273. The second-order valence-corrected chi connectivity index (χ2v) is 6.94. The summed E-state index contributed by atoms with van der Waals surface area (Å²) >= 11 is 0. The van der Waals surface area contributed by atoms with Crippen LogP contribution in [0.3, 0.4) is 0 Å². The Morgan fingerprint density at radius 2 is 1.67 bits per heavy atom. The largest absolute Gasteiger partial charge is 0.481 e. The van der Waals surface area contributed by atoms with E-state index in [1.54, 1.807) is 24.3 Å². The van der Waals surface area contributed by atoms with Crippen molar-refractivity contribution in [2.24, 2.45) is 0 Å². The maximum atomic E-state index is 12.9. The molecule has 1 atom stereocenters. The second-order valence-electron chi connectivity index (χ2n) is 6.94. The van der Waals surface area contributed by atoms with Gasteiger partial charge in [-0.2, -0.15) is 0 Å². The summed E-state index contributed by atoms with van der Waals surface area (Å²) in [6, 6.07) is 14.3. The van der Waals surface area contributed by atoms with Gasteiger partial charge in [0.2, 0.25) is 0 Å². The maximum absolute atomic E-state index is 12.9. The number of imide groups is 1. The Hall–Kier alpha value is -3.68. The highest BCUT2D eigenvalue weighted by Crippen LogP contribution is 2.24. The predicted molar refractivity (Wildman–Crippen MR) is 107 cm³/mol. The van der Waals surface area contributed by atoms with Gasteiger partial charge in [0.05, 0.1) is 19.1 Å². The lowest BCUT2D eigenvalue weighted by molar-refractivity contribution is -0.141. The lowest BCUT2D eigenvalue weighted by Gasteiger charge is -2.21. The van der Waals surface area contributed by atoms with Gasteiger partial charge in [0.25, 0.3) is 5.91 Å². The number of hydrogen-bond donors (Lipinski definition) is 1. The number of carbonyl (C=O) groups excluding carboxylic acids is 3. The van der Waals surface area contributed by atoms with Gasteiger partial charge in [0.15, 0.2) is 0 Å². The van der Waals surface area contributed by atoms with Crippen LogP contribution in [0.4, 0.5) is 4.79 Å². The van der Waals surface area contributed by atoms with Crippen molar-refractivity contribution < 1.29 is 29.0 Å². The van der Waals surface area contributed by atoms with Gasteiger partial charge in [0.1, 0.15) is 6.04 Å². The minimum absolute atomic E-state index is 0.0613. The van der Waals surface area contributed by atoms with Crippen LogP contribution < -0.4 is 0 Å². The van der Waals surface area contributed by atoms with Crippen molar-refractivity contribution in [2.75, 3.05) is 13.7 Å². The summed E-state index contributed by atoms with van der Waals surface area (Å²) < 4.78 is 4.66. The first kappa shape index (κ1) is 21.0. The van der Waals surface area contributed by atoms with Crippen molar-refractivity contribution in [3.05, 3.63) is 71.3 Å². The molecule has 1 fully saturated rings. The maximum Gasteiger partial charge on any atom is 0.337 e. The molecule has 0 aromatic heterocycles. The van der Waals surface area contributed by atoms with E-state index in [0.29, 0.717) is 17.5 Å². The van der Waals surface area contributed by atoms with Crippen LogP contribution in [-0.2, 0) is 27.3 Å². The van der Waals surface area contributed by atoms with E-state index in [4.69, 9.17) is 0 Å². The van der Waals surface area contributed by atoms with Gasteiger partial charge in [-0.15, -0.1) is 0 Å². The van der Waals surface area contributed by atoms with Crippen molar-refractivity contribution in [1.29, 1.82) is 0 Å². The molecule has 8 heteroatoms. The first-order valence-electron chi connectivity index (χ1n) is 9.45. The molecular formula is C22H22N2O6. The van der Waals surface area contributed by atoms with E-state index < -0.39 is 36.3 Å². The first-order valence-corrected chi connectivity index (χ1v) is 9.45. The van der Waals surface area contributed by atoms with Crippen molar-refractivity contribution in [1.82, 2.24) is 9.80 Å². The van der Waals surface area contributed by atoms with Crippen LogP contribution >= 0.6 is 0 Å². The number of urea groups is 1. The van der Waals surface area contributed by atoms with E-state index in [-0.39, 0.29) is 13.1 Å². The number of ether oxygens (including phenoxy) is 1. The zero-order valence-electron chi connectivity index (χ0n) is 16.5. The van der Waals surface area contributed by atoms with Crippen LogP contribution in [0.15, 0.2) is 54.6 Å². The normalized spacial score (nSPS) is 16.1. The average molecular weight is 410 g/mol. The quantitative estimate of drug-likeness (QED) is 0.529. The third-order valence-corrected chi connectivity index (χ3v) is 4.97. The summed E-state index contributed by atoms with van der Waals surface area (Å²) in [5.41, 5.74) is 2.01. The van der Waals surface area contributed by atoms with Gasteiger partial charge in [-0.05, 0) is 29.7 Å². The highest BCUT2D eigenvalue weighted by molar-refractivity contribution is 6.05. The molecule has 1 N–H and O–H groups in total. The molecule has 0 unspecified atom stereocenters. The average Bonchev–Trinajstić information content (AvgIpc) is 2.96. The Morgan fingerprint density at radius 1 is 1.00 bits per heavy atom. The molecule has 0 aliphatic carbocycles. The van der Waals surface area contributed by atoms with Crippen molar-refractivity contribution in [3.63, 3.8) is 0 Å². The fourth-order valence-electron chi connectivity index (χ4n) is 3.39. The number of esters is 1. The topological polar surface area (TPSA) is 104 Å². The van der Waals surface area contributed by atoms with Crippen LogP contribution in [0.1, 0.15) is 27.9 Å². The molecule has 0 bridgehead atoms.